The molecule has 0 aliphatic carbocycles. The molecule has 1 aromatic heterocycles. The lowest BCUT2D eigenvalue weighted by molar-refractivity contribution is -0.117. The van der Waals surface area contributed by atoms with E-state index in [9.17, 15) is 4.79 Å². The Balaban J connectivity index is 1.71. The standard InChI is InChI=1S/C21H21NO2S/c1-15(2)16-7-9-19(10-8-16)24-20-6-4-3-5-17(20)13-18(23)14-21-22-11-12-25-21/h3-12,15H,13-14H2,1-2H3. The van der Waals surface area contributed by atoms with Gasteiger partial charge in [0.1, 0.15) is 17.3 Å². The van der Waals surface area contributed by atoms with Gasteiger partial charge in [0, 0.05) is 23.6 Å². The largest absolute Gasteiger partial charge is 0.457 e. The van der Waals surface area contributed by atoms with Gasteiger partial charge in [0.25, 0.3) is 0 Å². The summed E-state index contributed by atoms with van der Waals surface area (Å²) in [7, 11) is 0. The van der Waals surface area contributed by atoms with Crippen molar-refractivity contribution in [3.05, 3.63) is 76.2 Å². The first kappa shape index (κ1) is 17.4. The van der Waals surface area contributed by atoms with Gasteiger partial charge in [-0.1, -0.05) is 44.2 Å². The van der Waals surface area contributed by atoms with Crippen LogP contribution in [-0.2, 0) is 17.6 Å². The lowest BCUT2D eigenvalue weighted by Crippen LogP contribution is -2.07. The molecule has 25 heavy (non-hydrogen) atoms. The van der Waals surface area contributed by atoms with E-state index in [0.717, 1.165) is 22.1 Å². The van der Waals surface area contributed by atoms with Crippen molar-refractivity contribution < 1.29 is 9.53 Å². The quantitative estimate of drug-likeness (QED) is 0.571. The molecule has 128 valence electrons. The number of hydrogen-bond acceptors (Lipinski definition) is 4. The van der Waals surface area contributed by atoms with Crippen LogP contribution in [0.15, 0.2) is 60.1 Å². The molecule has 0 spiro atoms. The van der Waals surface area contributed by atoms with Crippen LogP contribution in [0.5, 0.6) is 11.5 Å². The Hall–Kier alpha value is -2.46. The molecule has 0 fully saturated rings. The first-order chi connectivity index (χ1) is 12.1. The van der Waals surface area contributed by atoms with Crippen molar-refractivity contribution in [1.82, 2.24) is 4.98 Å². The maximum Gasteiger partial charge on any atom is 0.144 e. The first-order valence-corrected chi connectivity index (χ1v) is 9.25. The van der Waals surface area contributed by atoms with Crippen molar-refractivity contribution in [3.8, 4) is 11.5 Å². The van der Waals surface area contributed by atoms with Crippen LogP contribution in [-0.4, -0.2) is 10.8 Å². The molecule has 0 bridgehead atoms. The monoisotopic (exact) mass is 351 g/mol. The Morgan fingerprint density at radius 3 is 2.52 bits per heavy atom. The average molecular weight is 351 g/mol. The molecule has 0 unspecified atom stereocenters. The summed E-state index contributed by atoms with van der Waals surface area (Å²) < 4.78 is 6.02. The number of nitrogens with zero attached hydrogens (tertiary/aromatic N) is 1. The smallest absolute Gasteiger partial charge is 0.144 e. The highest BCUT2D eigenvalue weighted by molar-refractivity contribution is 7.09. The molecule has 3 aromatic rings. The van der Waals surface area contributed by atoms with Crippen LogP contribution in [0.4, 0.5) is 0 Å². The summed E-state index contributed by atoms with van der Waals surface area (Å²) >= 11 is 1.51. The number of aromatic nitrogens is 1. The minimum atomic E-state index is 0.140. The SMILES string of the molecule is CC(C)c1ccc(Oc2ccccc2CC(=O)Cc2nccs2)cc1. The number of ether oxygens (including phenoxy) is 1. The zero-order valence-corrected chi connectivity index (χ0v) is 15.3. The summed E-state index contributed by atoms with van der Waals surface area (Å²) in [5, 5.41) is 2.74. The number of para-hydroxylation sites is 1. The second-order valence-corrected chi connectivity index (χ2v) is 7.23. The van der Waals surface area contributed by atoms with Crippen LogP contribution in [0.3, 0.4) is 0 Å². The highest BCUT2D eigenvalue weighted by Crippen LogP contribution is 2.27. The molecule has 0 saturated carbocycles. The maximum absolute atomic E-state index is 12.3. The Morgan fingerprint density at radius 1 is 1.08 bits per heavy atom. The average Bonchev–Trinajstić information content (AvgIpc) is 3.10. The van der Waals surface area contributed by atoms with Gasteiger partial charge in [0.05, 0.1) is 11.4 Å². The Labute approximate surface area is 152 Å². The molecule has 0 N–H and O–H groups in total. The zero-order chi connectivity index (χ0) is 17.6. The summed E-state index contributed by atoms with van der Waals surface area (Å²) in [5.41, 5.74) is 2.18. The maximum atomic E-state index is 12.3. The number of benzene rings is 2. The van der Waals surface area contributed by atoms with Gasteiger partial charge in [-0.25, -0.2) is 4.98 Å². The van der Waals surface area contributed by atoms with Crippen molar-refractivity contribution in [2.24, 2.45) is 0 Å². The third kappa shape index (κ3) is 4.77. The van der Waals surface area contributed by atoms with Gasteiger partial charge in [0.2, 0.25) is 0 Å². The number of Topliss-reactive ketones (excluding diaryl/α,β-unsaturated/α-hetero) is 1. The number of carbonyl (C=O) groups excluding carboxylic acids is 1. The second kappa shape index (κ2) is 8.08. The number of thiazole rings is 1. The number of hydrogen-bond donors (Lipinski definition) is 0. The summed E-state index contributed by atoms with van der Waals surface area (Å²) in [5.74, 6) is 2.14. The van der Waals surface area contributed by atoms with Crippen molar-refractivity contribution in [2.75, 3.05) is 0 Å². The Kier molecular flexibility index (Phi) is 5.61. The summed E-state index contributed by atoms with van der Waals surface area (Å²) in [6.07, 6.45) is 2.44. The van der Waals surface area contributed by atoms with E-state index in [1.165, 1.54) is 16.9 Å². The summed E-state index contributed by atoms with van der Waals surface area (Å²) in [6, 6.07) is 15.8. The third-order valence-corrected chi connectivity index (χ3v) is 4.75. The van der Waals surface area contributed by atoms with Crippen LogP contribution in [0.2, 0.25) is 0 Å². The molecular weight excluding hydrogens is 330 g/mol. The van der Waals surface area contributed by atoms with E-state index in [0.29, 0.717) is 18.8 Å². The third-order valence-electron chi connectivity index (χ3n) is 3.97. The number of rotatable bonds is 7. The predicted molar refractivity (Wildman–Crippen MR) is 102 cm³/mol. The van der Waals surface area contributed by atoms with Crippen molar-refractivity contribution >= 4 is 17.1 Å². The highest BCUT2D eigenvalue weighted by Gasteiger charge is 2.11. The van der Waals surface area contributed by atoms with Crippen molar-refractivity contribution in [1.29, 1.82) is 0 Å². The molecule has 3 rings (SSSR count). The lowest BCUT2D eigenvalue weighted by Gasteiger charge is -2.12. The van der Waals surface area contributed by atoms with Gasteiger partial charge < -0.3 is 4.74 Å². The molecule has 0 aliphatic rings. The van der Waals surface area contributed by atoms with Crippen LogP contribution >= 0.6 is 11.3 Å². The highest BCUT2D eigenvalue weighted by atomic mass is 32.1. The van der Waals surface area contributed by atoms with Gasteiger partial charge in [-0.2, -0.15) is 0 Å². The van der Waals surface area contributed by atoms with Crippen molar-refractivity contribution in [2.45, 2.75) is 32.6 Å². The molecule has 4 heteroatoms. The van der Waals surface area contributed by atoms with Gasteiger partial charge >= 0.3 is 0 Å². The minimum Gasteiger partial charge on any atom is -0.457 e. The van der Waals surface area contributed by atoms with Gasteiger partial charge in [0.15, 0.2) is 0 Å². The van der Waals surface area contributed by atoms with E-state index in [4.69, 9.17) is 4.74 Å². The molecule has 3 nitrogen and oxygen atoms in total. The zero-order valence-electron chi connectivity index (χ0n) is 14.4. The predicted octanol–water partition coefficient (Wildman–Crippen LogP) is 5.41. The molecule has 0 amide bonds. The fraction of sp³-hybridized carbons (Fsp3) is 0.238. The second-order valence-electron chi connectivity index (χ2n) is 6.25. The van der Waals surface area contributed by atoms with Gasteiger partial charge in [-0.3, -0.25) is 4.79 Å². The van der Waals surface area contributed by atoms with E-state index in [-0.39, 0.29) is 5.78 Å². The molecule has 2 aromatic carbocycles. The number of ketones is 1. The molecular formula is C21H21NO2S. The minimum absolute atomic E-state index is 0.140. The summed E-state index contributed by atoms with van der Waals surface area (Å²) in [6.45, 7) is 4.33. The number of carbonyl (C=O) groups is 1. The topological polar surface area (TPSA) is 39.2 Å². The molecule has 0 atom stereocenters. The van der Waals surface area contributed by atoms with Gasteiger partial charge in [-0.15, -0.1) is 11.3 Å². The molecule has 0 radical (unpaired) electrons. The lowest BCUT2D eigenvalue weighted by atomic mass is 10.0. The van der Waals surface area contributed by atoms with E-state index in [1.54, 1.807) is 6.20 Å². The van der Waals surface area contributed by atoms with Crippen LogP contribution in [0.25, 0.3) is 0 Å². The summed E-state index contributed by atoms with van der Waals surface area (Å²) in [4.78, 5) is 16.5. The molecule has 1 heterocycles. The van der Waals surface area contributed by atoms with Crippen molar-refractivity contribution in [3.63, 3.8) is 0 Å². The van der Waals surface area contributed by atoms with E-state index < -0.39 is 0 Å². The fourth-order valence-corrected chi connectivity index (χ4v) is 3.23. The van der Waals surface area contributed by atoms with Gasteiger partial charge in [-0.05, 0) is 29.7 Å². The van der Waals surface area contributed by atoms with E-state index in [1.807, 2.05) is 41.8 Å². The molecule has 0 aliphatic heterocycles. The Morgan fingerprint density at radius 2 is 1.84 bits per heavy atom. The van der Waals surface area contributed by atoms with E-state index in [2.05, 4.69) is 31.0 Å². The Bertz CT molecular complexity index is 823. The fourth-order valence-electron chi connectivity index (χ4n) is 2.58. The molecule has 0 saturated heterocycles. The first-order valence-electron chi connectivity index (χ1n) is 8.37. The van der Waals surface area contributed by atoms with Crippen LogP contribution in [0.1, 0.15) is 35.9 Å². The van der Waals surface area contributed by atoms with E-state index >= 15 is 0 Å². The normalized spacial score (nSPS) is 10.8. The van der Waals surface area contributed by atoms with Crippen LogP contribution < -0.4 is 4.74 Å². The van der Waals surface area contributed by atoms with Crippen LogP contribution in [0, 0.1) is 0 Å².